The molecule has 10 nitrogen and oxygen atoms in total. The number of carbonyl (C=O) groups is 2. The number of rotatable bonds is 7. The number of ether oxygens (including phenoxy) is 1. The summed E-state index contributed by atoms with van der Waals surface area (Å²) in [5, 5.41) is 18.7. The molecule has 11 heteroatoms. The van der Waals surface area contributed by atoms with Gasteiger partial charge in [0.25, 0.3) is 5.91 Å². The summed E-state index contributed by atoms with van der Waals surface area (Å²) in [6.45, 7) is 8.44. The van der Waals surface area contributed by atoms with Crippen LogP contribution in [0.4, 0.5) is 4.39 Å². The van der Waals surface area contributed by atoms with Crippen molar-refractivity contribution in [2.45, 2.75) is 65.6 Å². The van der Waals surface area contributed by atoms with Crippen molar-refractivity contribution in [3.05, 3.63) is 81.3 Å². The molecule has 1 aliphatic rings. The molecule has 0 aliphatic carbocycles. The molecule has 0 saturated carbocycles. The van der Waals surface area contributed by atoms with E-state index in [1.807, 2.05) is 0 Å². The van der Waals surface area contributed by atoms with E-state index >= 15 is 0 Å². The quantitative estimate of drug-likeness (QED) is 0.454. The van der Waals surface area contributed by atoms with E-state index in [0.29, 0.717) is 29.8 Å². The number of carbonyl (C=O) groups excluding carboxylic acids is 2. The maximum Gasteiger partial charge on any atom is 0.307 e. The summed E-state index contributed by atoms with van der Waals surface area (Å²) in [5.74, 6) is -1.04. The van der Waals surface area contributed by atoms with Crippen LogP contribution in [0.15, 0.2) is 47.3 Å². The first kappa shape index (κ1) is 28.4. The Bertz CT molecular complexity index is 1550. The molecular weight excluding hydrogens is 515 g/mol. The van der Waals surface area contributed by atoms with Crippen LogP contribution in [0.25, 0.3) is 0 Å². The normalized spacial score (nSPS) is 17.7. The molecule has 2 N–H and O–H groups in total. The number of halogens is 1. The van der Waals surface area contributed by atoms with Gasteiger partial charge in [-0.3, -0.25) is 14.4 Å². The third-order valence-electron chi connectivity index (χ3n) is 7.10. The van der Waals surface area contributed by atoms with Crippen LogP contribution in [0, 0.1) is 36.4 Å². The molecule has 208 valence electrons. The second kappa shape index (κ2) is 11.3. The number of nitrogens with one attached hydrogen (secondary N) is 2. The molecule has 2 amide bonds. The van der Waals surface area contributed by atoms with Crippen molar-refractivity contribution in [1.29, 1.82) is 5.26 Å². The van der Waals surface area contributed by atoms with E-state index in [2.05, 4.69) is 26.6 Å². The van der Waals surface area contributed by atoms with E-state index in [-0.39, 0.29) is 23.1 Å². The predicted molar refractivity (Wildman–Crippen MR) is 144 cm³/mol. The van der Waals surface area contributed by atoms with Gasteiger partial charge in [0.05, 0.1) is 35.0 Å². The second-order valence-corrected chi connectivity index (χ2v) is 10.5. The van der Waals surface area contributed by atoms with Crippen molar-refractivity contribution in [3.8, 4) is 17.6 Å². The van der Waals surface area contributed by atoms with Gasteiger partial charge in [-0.15, -0.1) is 0 Å². The highest BCUT2D eigenvalue weighted by atomic mass is 19.1. The van der Waals surface area contributed by atoms with E-state index in [0.717, 1.165) is 0 Å². The molecule has 1 aromatic carbocycles. The Balaban J connectivity index is 1.53. The number of nitrogens with zero attached hydrogens (tertiary/aromatic N) is 4. The number of likely N-dealkylation sites (tertiary alicyclic amines) is 1. The number of hydrogen-bond donors (Lipinski definition) is 2. The number of aromatic amines is 1. The molecule has 0 bridgehead atoms. The number of hydrogen-bond acceptors (Lipinski definition) is 7. The van der Waals surface area contributed by atoms with Gasteiger partial charge in [-0.25, -0.2) is 14.5 Å². The van der Waals surface area contributed by atoms with E-state index in [1.165, 1.54) is 30.3 Å². The zero-order valence-electron chi connectivity index (χ0n) is 23.0. The molecule has 1 fully saturated rings. The molecular formula is C29H31FN6O4. The molecule has 2 aromatic heterocycles. The maximum atomic E-state index is 14.0. The van der Waals surface area contributed by atoms with Gasteiger partial charge in [-0.05, 0) is 77.3 Å². The van der Waals surface area contributed by atoms with Gasteiger partial charge in [0, 0.05) is 6.07 Å². The molecule has 3 heterocycles. The van der Waals surface area contributed by atoms with Crippen LogP contribution in [0.5, 0.6) is 11.5 Å². The number of nitriles is 1. The van der Waals surface area contributed by atoms with Gasteiger partial charge in [0.1, 0.15) is 23.3 Å². The Morgan fingerprint density at radius 1 is 1.20 bits per heavy atom. The van der Waals surface area contributed by atoms with Crippen LogP contribution in [-0.2, 0) is 4.79 Å². The summed E-state index contributed by atoms with van der Waals surface area (Å²) >= 11 is 0. The van der Waals surface area contributed by atoms with E-state index in [4.69, 9.17) is 4.74 Å². The Labute approximate surface area is 231 Å². The van der Waals surface area contributed by atoms with Crippen LogP contribution in [0.3, 0.4) is 0 Å². The van der Waals surface area contributed by atoms with Gasteiger partial charge in [0.15, 0.2) is 5.75 Å². The summed E-state index contributed by atoms with van der Waals surface area (Å²) < 4.78 is 19.7. The average molecular weight is 547 g/mol. The highest BCUT2D eigenvalue weighted by molar-refractivity contribution is 5.96. The Morgan fingerprint density at radius 2 is 1.95 bits per heavy atom. The van der Waals surface area contributed by atoms with Crippen LogP contribution in [0.1, 0.15) is 67.1 Å². The number of benzene rings is 1. The van der Waals surface area contributed by atoms with E-state index in [9.17, 15) is 24.0 Å². The van der Waals surface area contributed by atoms with Crippen LogP contribution >= 0.6 is 0 Å². The number of aryl methyl sites for hydroxylation is 2. The topological polar surface area (TPSA) is 141 Å². The standard InChI is InChI=1S/C29H31FN6O4/c1-16-13-24(27(38)35-34-16)40-23-11-9-21(32-17(23)2)26(37)33-18(3)28(39)36-22(19-7-6-8-20(30)14-19)10-12-25(36)29(4,5)15-31/h6-9,11,13-14,18,22,25H,10,12H2,1-5H3,(H,33,37)(H,35,38)/t18?,22-,25+/m0/s1. The third kappa shape index (κ3) is 5.86. The largest absolute Gasteiger partial charge is 0.450 e. The lowest BCUT2D eigenvalue weighted by Gasteiger charge is -2.38. The Kier molecular flexibility index (Phi) is 8.00. The monoisotopic (exact) mass is 546 g/mol. The first-order chi connectivity index (χ1) is 18.9. The zero-order chi connectivity index (χ0) is 29.2. The predicted octanol–water partition coefficient (Wildman–Crippen LogP) is 4.11. The minimum absolute atomic E-state index is 0.0436. The lowest BCUT2D eigenvalue weighted by molar-refractivity contribution is -0.137. The van der Waals surface area contributed by atoms with Crippen molar-refractivity contribution < 1.29 is 18.7 Å². The number of aromatic nitrogens is 3. The molecule has 3 aromatic rings. The van der Waals surface area contributed by atoms with Gasteiger partial charge in [-0.2, -0.15) is 10.4 Å². The van der Waals surface area contributed by atoms with Crippen molar-refractivity contribution in [3.63, 3.8) is 0 Å². The summed E-state index contributed by atoms with van der Waals surface area (Å²) in [6.07, 6.45) is 1.13. The molecule has 1 aliphatic heterocycles. The van der Waals surface area contributed by atoms with Gasteiger partial charge in [-0.1, -0.05) is 12.1 Å². The highest BCUT2D eigenvalue weighted by Crippen LogP contribution is 2.43. The molecule has 4 rings (SSSR count). The van der Waals surface area contributed by atoms with E-state index in [1.54, 1.807) is 51.7 Å². The summed E-state index contributed by atoms with van der Waals surface area (Å²) in [5.41, 5.74) is 0.261. The Morgan fingerprint density at radius 3 is 2.62 bits per heavy atom. The maximum absolute atomic E-state index is 14.0. The minimum atomic E-state index is -0.949. The minimum Gasteiger partial charge on any atom is -0.450 e. The van der Waals surface area contributed by atoms with Crippen molar-refractivity contribution in [1.82, 2.24) is 25.4 Å². The van der Waals surface area contributed by atoms with Gasteiger partial charge < -0.3 is 15.0 Å². The lowest BCUT2D eigenvalue weighted by atomic mass is 9.84. The molecule has 3 atom stereocenters. The molecule has 0 spiro atoms. The lowest BCUT2D eigenvalue weighted by Crippen LogP contribution is -2.52. The molecule has 0 radical (unpaired) electrons. The molecule has 1 unspecified atom stereocenters. The first-order valence-corrected chi connectivity index (χ1v) is 12.9. The van der Waals surface area contributed by atoms with Gasteiger partial charge in [0.2, 0.25) is 5.91 Å². The van der Waals surface area contributed by atoms with Crippen molar-refractivity contribution in [2.24, 2.45) is 5.41 Å². The number of H-pyrrole nitrogens is 1. The van der Waals surface area contributed by atoms with Crippen LogP contribution < -0.4 is 15.6 Å². The number of pyridine rings is 1. The Hall–Kier alpha value is -4.59. The second-order valence-electron chi connectivity index (χ2n) is 10.5. The third-order valence-corrected chi connectivity index (χ3v) is 7.10. The van der Waals surface area contributed by atoms with E-state index < -0.39 is 40.8 Å². The van der Waals surface area contributed by atoms with Crippen LogP contribution in [-0.4, -0.2) is 44.0 Å². The van der Waals surface area contributed by atoms with Crippen molar-refractivity contribution in [2.75, 3.05) is 0 Å². The fourth-order valence-corrected chi connectivity index (χ4v) is 4.96. The number of amides is 2. The molecule has 1 saturated heterocycles. The zero-order valence-corrected chi connectivity index (χ0v) is 23.0. The van der Waals surface area contributed by atoms with Crippen LogP contribution in [0.2, 0.25) is 0 Å². The highest BCUT2D eigenvalue weighted by Gasteiger charge is 2.46. The SMILES string of the molecule is Cc1cc(Oc2ccc(C(=O)NC(C)C(=O)N3[C@H](c4cccc(F)c4)CC[C@@H]3C(C)(C)C#N)nc2C)c(=O)[nH]n1. The summed E-state index contributed by atoms with van der Waals surface area (Å²) in [4.78, 5) is 44.7. The van der Waals surface area contributed by atoms with Crippen molar-refractivity contribution >= 4 is 11.8 Å². The fourth-order valence-electron chi connectivity index (χ4n) is 4.96. The smallest absolute Gasteiger partial charge is 0.307 e. The first-order valence-electron chi connectivity index (χ1n) is 12.9. The average Bonchev–Trinajstić information content (AvgIpc) is 3.37. The molecule has 40 heavy (non-hydrogen) atoms. The summed E-state index contributed by atoms with van der Waals surface area (Å²) in [7, 11) is 0. The summed E-state index contributed by atoms with van der Waals surface area (Å²) in [6, 6.07) is 11.0. The van der Waals surface area contributed by atoms with Gasteiger partial charge >= 0.3 is 5.56 Å². The fraction of sp³-hybridized carbons (Fsp3) is 0.379.